The van der Waals surface area contributed by atoms with E-state index in [0.717, 1.165) is 31.4 Å². The smallest absolute Gasteiger partial charge is 0.244 e. The van der Waals surface area contributed by atoms with E-state index in [0.29, 0.717) is 13.0 Å². The minimum absolute atomic E-state index is 0.0370. The third kappa shape index (κ3) is 4.54. The quantitative estimate of drug-likeness (QED) is 0.804. The zero-order valence-electron chi connectivity index (χ0n) is 14.2. The van der Waals surface area contributed by atoms with E-state index in [4.69, 9.17) is 0 Å². The fourth-order valence-electron chi connectivity index (χ4n) is 3.03. The monoisotopic (exact) mass is 321 g/mol. The highest BCUT2D eigenvalue weighted by Gasteiger charge is 2.30. The molecule has 128 valence electrons. The summed E-state index contributed by atoms with van der Waals surface area (Å²) in [7, 11) is 3.61. The van der Waals surface area contributed by atoms with Crippen LogP contribution in [0.3, 0.4) is 0 Å². The van der Waals surface area contributed by atoms with Gasteiger partial charge in [0.25, 0.3) is 0 Å². The van der Waals surface area contributed by atoms with Gasteiger partial charge in [0.15, 0.2) is 0 Å². The summed E-state index contributed by atoms with van der Waals surface area (Å²) in [6.45, 7) is 3.30. The number of rotatable bonds is 6. The molecular formula is C16H27N5O2. The first-order valence-corrected chi connectivity index (χ1v) is 8.29. The first kappa shape index (κ1) is 17.5. The van der Waals surface area contributed by atoms with Crippen LogP contribution < -0.4 is 10.6 Å². The molecule has 2 unspecified atom stereocenters. The molecule has 2 N–H and O–H groups in total. The van der Waals surface area contributed by atoms with Gasteiger partial charge in [0.2, 0.25) is 11.8 Å². The third-order valence-electron chi connectivity index (χ3n) is 4.17. The molecule has 2 atom stereocenters. The second kappa shape index (κ2) is 8.10. The third-order valence-corrected chi connectivity index (χ3v) is 4.17. The van der Waals surface area contributed by atoms with Crippen molar-refractivity contribution in [1.82, 2.24) is 25.3 Å². The van der Waals surface area contributed by atoms with Gasteiger partial charge in [-0.05, 0) is 26.3 Å². The number of aryl methyl sites for hydroxylation is 1. The maximum Gasteiger partial charge on any atom is 0.244 e. The minimum atomic E-state index is -0.395. The molecule has 23 heavy (non-hydrogen) atoms. The van der Waals surface area contributed by atoms with Crippen LogP contribution in [0.5, 0.6) is 0 Å². The normalized spacial score (nSPS) is 19.4. The van der Waals surface area contributed by atoms with Gasteiger partial charge in [-0.15, -0.1) is 0 Å². The Morgan fingerprint density at radius 1 is 1.48 bits per heavy atom. The van der Waals surface area contributed by atoms with Crippen LogP contribution in [0.2, 0.25) is 0 Å². The molecule has 1 saturated heterocycles. The number of nitrogens with one attached hydrogen (secondary N) is 2. The largest absolute Gasteiger partial charge is 0.352 e. The van der Waals surface area contributed by atoms with Crippen molar-refractivity contribution in [3.8, 4) is 0 Å². The Hall–Kier alpha value is -1.89. The number of hydrogen-bond donors (Lipinski definition) is 2. The summed E-state index contributed by atoms with van der Waals surface area (Å²) < 4.78 is 1.69. The van der Waals surface area contributed by atoms with Gasteiger partial charge in [-0.3, -0.25) is 14.3 Å². The molecular weight excluding hydrogens is 294 g/mol. The Morgan fingerprint density at radius 3 is 2.87 bits per heavy atom. The Labute approximate surface area is 137 Å². The average Bonchev–Trinajstić information content (AvgIpc) is 2.94. The van der Waals surface area contributed by atoms with Gasteiger partial charge in [0.1, 0.15) is 6.04 Å². The molecule has 2 heterocycles. The number of amides is 2. The topological polar surface area (TPSA) is 79.3 Å². The van der Waals surface area contributed by atoms with Gasteiger partial charge in [0.05, 0.1) is 6.20 Å². The van der Waals surface area contributed by atoms with Gasteiger partial charge in [-0.2, -0.15) is 5.10 Å². The Morgan fingerprint density at radius 2 is 2.26 bits per heavy atom. The second-order valence-corrected chi connectivity index (χ2v) is 6.11. The lowest BCUT2D eigenvalue weighted by Crippen LogP contribution is -2.51. The van der Waals surface area contributed by atoms with Crippen molar-refractivity contribution in [2.24, 2.45) is 7.05 Å². The second-order valence-electron chi connectivity index (χ2n) is 6.11. The lowest BCUT2D eigenvalue weighted by Gasteiger charge is -2.35. The summed E-state index contributed by atoms with van der Waals surface area (Å²) in [5, 5.41) is 10.2. The summed E-state index contributed by atoms with van der Waals surface area (Å²) in [6, 6.07) is -0.341. The maximum absolute atomic E-state index is 12.8. The summed E-state index contributed by atoms with van der Waals surface area (Å²) in [5.74, 6) is 0.110. The van der Waals surface area contributed by atoms with Crippen LogP contribution in [0, 0.1) is 0 Å². The summed E-state index contributed by atoms with van der Waals surface area (Å²) in [6.07, 6.45) is 6.78. The van der Waals surface area contributed by atoms with Gasteiger partial charge >= 0.3 is 0 Å². The minimum Gasteiger partial charge on any atom is -0.352 e. The van der Waals surface area contributed by atoms with Crippen LogP contribution >= 0.6 is 0 Å². The van der Waals surface area contributed by atoms with E-state index in [1.807, 2.05) is 25.1 Å². The molecule has 0 spiro atoms. The Bertz CT molecular complexity index is 542. The summed E-state index contributed by atoms with van der Waals surface area (Å²) in [5.41, 5.74) is 0.858. The van der Waals surface area contributed by atoms with E-state index >= 15 is 0 Å². The van der Waals surface area contributed by atoms with Crippen LogP contribution in [-0.4, -0.2) is 52.7 Å². The van der Waals surface area contributed by atoms with Crippen LogP contribution in [-0.2, 0) is 16.6 Å². The van der Waals surface area contributed by atoms with Crippen molar-refractivity contribution in [3.05, 3.63) is 18.0 Å². The van der Waals surface area contributed by atoms with E-state index in [1.54, 1.807) is 17.9 Å². The van der Waals surface area contributed by atoms with E-state index in [9.17, 15) is 9.59 Å². The molecule has 7 heteroatoms. The number of carbonyl (C=O) groups excluding carboxylic acids is 2. The van der Waals surface area contributed by atoms with E-state index < -0.39 is 6.04 Å². The van der Waals surface area contributed by atoms with Gasteiger partial charge in [-0.25, -0.2) is 0 Å². The Balaban J connectivity index is 1.99. The number of carbonyl (C=O) groups is 2. The molecule has 2 rings (SSSR count). The SMILES string of the molecule is CCCC(=O)NC1CCCN(C(=O)C(NC)c2cnn(C)c2)C1. The first-order chi connectivity index (χ1) is 11.0. The number of nitrogens with zero attached hydrogens (tertiary/aromatic N) is 3. The van der Waals surface area contributed by atoms with Crippen molar-refractivity contribution in [1.29, 1.82) is 0 Å². The van der Waals surface area contributed by atoms with Crippen molar-refractivity contribution in [3.63, 3.8) is 0 Å². The standard InChI is InChI=1S/C16H27N5O2/c1-4-6-14(22)19-13-7-5-8-21(11-13)16(23)15(17-2)12-9-18-20(3)10-12/h9-10,13,15,17H,4-8,11H2,1-3H3,(H,19,22). The number of likely N-dealkylation sites (N-methyl/N-ethyl adjacent to an activating group) is 1. The van der Waals surface area contributed by atoms with Crippen molar-refractivity contribution in [2.45, 2.75) is 44.7 Å². The number of piperidine rings is 1. The molecule has 2 amide bonds. The summed E-state index contributed by atoms with van der Waals surface area (Å²) in [4.78, 5) is 26.4. The molecule has 1 aromatic rings. The van der Waals surface area contributed by atoms with Gasteiger partial charge < -0.3 is 15.5 Å². The van der Waals surface area contributed by atoms with Gasteiger partial charge in [0, 0.05) is 44.4 Å². The molecule has 0 radical (unpaired) electrons. The van der Waals surface area contributed by atoms with Crippen molar-refractivity contribution >= 4 is 11.8 Å². The molecule has 0 aliphatic carbocycles. The fourth-order valence-corrected chi connectivity index (χ4v) is 3.03. The molecule has 1 fully saturated rings. The highest BCUT2D eigenvalue weighted by molar-refractivity contribution is 5.83. The van der Waals surface area contributed by atoms with Crippen molar-refractivity contribution < 1.29 is 9.59 Å². The number of aromatic nitrogens is 2. The van der Waals surface area contributed by atoms with Crippen LogP contribution in [0.1, 0.15) is 44.2 Å². The number of likely N-dealkylation sites (tertiary alicyclic amines) is 1. The summed E-state index contributed by atoms with van der Waals surface area (Å²) >= 11 is 0. The predicted molar refractivity (Wildman–Crippen MR) is 87.7 cm³/mol. The Kier molecular flexibility index (Phi) is 6.15. The average molecular weight is 321 g/mol. The maximum atomic E-state index is 12.8. The van der Waals surface area contributed by atoms with Gasteiger partial charge in [-0.1, -0.05) is 6.92 Å². The highest BCUT2D eigenvalue weighted by Crippen LogP contribution is 2.18. The zero-order valence-corrected chi connectivity index (χ0v) is 14.2. The molecule has 0 saturated carbocycles. The van der Waals surface area contributed by atoms with E-state index in [1.165, 1.54) is 0 Å². The highest BCUT2D eigenvalue weighted by atomic mass is 16.2. The molecule has 7 nitrogen and oxygen atoms in total. The van der Waals surface area contributed by atoms with Crippen molar-refractivity contribution in [2.75, 3.05) is 20.1 Å². The van der Waals surface area contributed by atoms with E-state index in [-0.39, 0.29) is 17.9 Å². The molecule has 1 aliphatic heterocycles. The zero-order chi connectivity index (χ0) is 16.8. The van der Waals surface area contributed by atoms with Crippen LogP contribution in [0.4, 0.5) is 0 Å². The number of hydrogen-bond acceptors (Lipinski definition) is 4. The predicted octanol–water partition coefficient (Wildman–Crippen LogP) is 0.588. The van der Waals surface area contributed by atoms with E-state index in [2.05, 4.69) is 15.7 Å². The molecule has 0 bridgehead atoms. The van der Waals surface area contributed by atoms with Crippen LogP contribution in [0.15, 0.2) is 12.4 Å². The first-order valence-electron chi connectivity index (χ1n) is 8.29. The molecule has 0 aromatic carbocycles. The molecule has 1 aliphatic rings. The molecule has 1 aromatic heterocycles. The lowest BCUT2D eigenvalue weighted by atomic mass is 10.0. The fraction of sp³-hybridized carbons (Fsp3) is 0.688. The lowest BCUT2D eigenvalue weighted by molar-refractivity contribution is -0.135. The van der Waals surface area contributed by atoms with Crippen LogP contribution in [0.25, 0.3) is 0 Å².